The molecule has 29 heavy (non-hydrogen) atoms. The minimum absolute atomic E-state index is 0.139. The Balaban J connectivity index is 1.40. The fourth-order valence-corrected chi connectivity index (χ4v) is 6.08. The van der Waals surface area contributed by atoms with Crippen molar-refractivity contribution in [3.63, 3.8) is 0 Å². The second-order valence-electron chi connectivity index (χ2n) is 7.87. The minimum atomic E-state index is -0.386. The molecule has 154 valence electrons. The number of anilines is 1. The summed E-state index contributed by atoms with van der Waals surface area (Å²) in [6, 6.07) is 2.31. The molecule has 0 saturated heterocycles. The summed E-state index contributed by atoms with van der Waals surface area (Å²) in [4.78, 5) is 14.0. The van der Waals surface area contributed by atoms with Gasteiger partial charge in [0.15, 0.2) is 0 Å². The summed E-state index contributed by atoms with van der Waals surface area (Å²) in [5.74, 6) is 0.920. The topological polar surface area (TPSA) is 91.8 Å². The number of amides is 1. The number of nitrogens with one attached hydrogen (secondary N) is 1. The van der Waals surface area contributed by atoms with Crippen molar-refractivity contribution in [1.29, 1.82) is 5.26 Å². The van der Waals surface area contributed by atoms with E-state index in [1.807, 2.05) is 6.92 Å². The molecule has 1 amide bonds. The van der Waals surface area contributed by atoms with Crippen LogP contribution in [-0.2, 0) is 17.6 Å². The van der Waals surface area contributed by atoms with Crippen LogP contribution in [0.4, 0.5) is 5.00 Å². The van der Waals surface area contributed by atoms with E-state index in [-0.39, 0.29) is 11.2 Å². The highest BCUT2D eigenvalue weighted by Crippen LogP contribution is 2.38. The standard InChI is InChI=1S/C21H26N4O2S2/c1-13(28-21-25-24-19(27-21)14-8-4-2-5-9-14)18(26)23-20-16(12-22)15-10-6-3-7-11-17(15)29-20/h13-14H,2-11H2,1H3,(H,23,26)/t13-/m1/s1. The van der Waals surface area contributed by atoms with Gasteiger partial charge in [-0.15, -0.1) is 21.5 Å². The van der Waals surface area contributed by atoms with Crippen LogP contribution in [0.3, 0.4) is 0 Å². The van der Waals surface area contributed by atoms with E-state index in [4.69, 9.17) is 4.42 Å². The van der Waals surface area contributed by atoms with Crippen molar-refractivity contribution in [2.45, 2.75) is 87.5 Å². The largest absolute Gasteiger partial charge is 0.416 e. The molecule has 0 bridgehead atoms. The third-order valence-electron chi connectivity index (χ3n) is 5.79. The highest BCUT2D eigenvalue weighted by molar-refractivity contribution is 8.00. The number of hydrogen-bond donors (Lipinski definition) is 1. The molecule has 2 aromatic heterocycles. The highest BCUT2D eigenvalue weighted by atomic mass is 32.2. The molecule has 2 heterocycles. The van der Waals surface area contributed by atoms with Crippen molar-refractivity contribution in [1.82, 2.24) is 10.2 Å². The molecule has 2 aliphatic rings. The van der Waals surface area contributed by atoms with E-state index < -0.39 is 0 Å². The van der Waals surface area contributed by atoms with Crippen LogP contribution in [0.1, 0.15) is 86.1 Å². The Morgan fingerprint density at radius 1 is 1.21 bits per heavy atom. The second kappa shape index (κ2) is 9.31. The first-order valence-electron chi connectivity index (χ1n) is 10.5. The number of hydrogen-bond acceptors (Lipinski definition) is 7. The smallest absolute Gasteiger partial charge is 0.277 e. The monoisotopic (exact) mass is 430 g/mol. The van der Waals surface area contributed by atoms with E-state index in [0.29, 0.717) is 27.6 Å². The number of thioether (sulfide) groups is 1. The molecule has 0 spiro atoms. The van der Waals surface area contributed by atoms with Gasteiger partial charge in [-0.2, -0.15) is 5.26 Å². The predicted molar refractivity (Wildman–Crippen MR) is 114 cm³/mol. The van der Waals surface area contributed by atoms with Crippen LogP contribution < -0.4 is 5.32 Å². The van der Waals surface area contributed by atoms with Crippen molar-refractivity contribution >= 4 is 34.0 Å². The SMILES string of the molecule is C[C@@H](Sc1nnc(C2CCCCC2)o1)C(=O)Nc1sc2c(c1C#N)CCCCC2. The Morgan fingerprint density at radius 3 is 2.76 bits per heavy atom. The van der Waals surface area contributed by atoms with Gasteiger partial charge < -0.3 is 9.73 Å². The molecule has 1 atom stereocenters. The van der Waals surface area contributed by atoms with Gasteiger partial charge in [0, 0.05) is 10.8 Å². The van der Waals surface area contributed by atoms with Crippen LogP contribution in [0.5, 0.6) is 0 Å². The van der Waals surface area contributed by atoms with E-state index >= 15 is 0 Å². The molecule has 8 heteroatoms. The highest BCUT2D eigenvalue weighted by Gasteiger charge is 2.26. The number of rotatable bonds is 5. The van der Waals surface area contributed by atoms with Crippen LogP contribution in [0.2, 0.25) is 0 Å². The zero-order valence-electron chi connectivity index (χ0n) is 16.7. The van der Waals surface area contributed by atoms with Crippen molar-refractivity contribution in [3.8, 4) is 6.07 Å². The summed E-state index contributed by atoms with van der Waals surface area (Å²) in [5, 5.41) is 21.7. The van der Waals surface area contributed by atoms with Crippen molar-refractivity contribution in [2.75, 3.05) is 5.32 Å². The van der Waals surface area contributed by atoms with Gasteiger partial charge in [-0.3, -0.25) is 4.79 Å². The molecule has 1 fully saturated rings. The fourth-order valence-electron chi connectivity index (χ4n) is 4.15. The number of thiophene rings is 1. The normalized spacial score (nSPS) is 18.5. The van der Waals surface area contributed by atoms with Crippen molar-refractivity contribution in [3.05, 3.63) is 21.9 Å². The summed E-state index contributed by atoms with van der Waals surface area (Å²) in [7, 11) is 0. The molecule has 0 aromatic carbocycles. The number of carbonyl (C=O) groups excluding carboxylic acids is 1. The van der Waals surface area contributed by atoms with Crippen LogP contribution in [0, 0.1) is 11.3 Å². The molecular formula is C21H26N4O2S2. The zero-order valence-corrected chi connectivity index (χ0v) is 18.3. The number of aromatic nitrogens is 2. The predicted octanol–water partition coefficient (Wildman–Crippen LogP) is 5.44. The van der Waals surface area contributed by atoms with E-state index in [1.165, 1.54) is 42.3 Å². The lowest BCUT2D eigenvalue weighted by Gasteiger charge is -2.17. The maximum Gasteiger partial charge on any atom is 0.277 e. The molecule has 0 unspecified atom stereocenters. The first kappa shape index (κ1) is 20.4. The Labute approximate surface area is 179 Å². The third kappa shape index (κ3) is 4.67. The maximum absolute atomic E-state index is 12.7. The number of aryl methyl sites for hydroxylation is 1. The summed E-state index contributed by atoms with van der Waals surface area (Å²) in [5.41, 5.74) is 1.79. The Kier molecular flexibility index (Phi) is 6.56. The summed E-state index contributed by atoms with van der Waals surface area (Å²) >= 11 is 2.84. The molecular weight excluding hydrogens is 404 g/mol. The molecule has 6 nitrogen and oxygen atoms in total. The van der Waals surface area contributed by atoms with Crippen molar-refractivity contribution in [2.24, 2.45) is 0 Å². The van der Waals surface area contributed by atoms with E-state index in [2.05, 4.69) is 21.6 Å². The van der Waals surface area contributed by atoms with E-state index in [0.717, 1.165) is 44.1 Å². The lowest BCUT2D eigenvalue weighted by molar-refractivity contribution is -0.115. The van der Waals surface area contributed by atoms with Crippen LogP contribution in [-0.4, -0.2) is 21.4 Å². The Bertz CT molecular complexity index is 908. The molecule has 4 rings (SSSR count). The number of nitrogens with zero attached hydrogens (tertiary/aromatic N) is 3. The minimum Gasteiger partial charge on any atom is -0.416 e. The van der Waals surface area contributed by atoms with Gasteiger partial charge in [0.2, 0.25) is 11.8 Å². The van der Waals surface area contributed by atoms with Crippen LogP contribution in [0.15, 0.2) is 9.64 Å². The molecule has 2 aromatic rings. The molecule has 2 aliphatic carbocycles. The van der Waals surface area contributed by atoms with Crippen LogP contribution >= 0.6 is 23.1 Å². The zero-order chi connectivity index (χ0) is 20.2. The van der Waals surface area contributed by atoms with Gasteiger partial charge in [-0.05, 0) is 51.0 Å². The maximum atomic E-state index is 12.7. The molecule has 0 radical (unpaired) electrons. The number of fused-ring (bicyclic) bond motifs is 1. The molecule has 0 aliphatic heterocycles. The first-order chi connectivity index (χ1) is 14.2. The first-order valence-corrected chi connectivity index (χ1v) is 12.2. The van der Waals surface area contributed by atoms with Gasteiger partial charge in [-0.1, -0.05) is 37.4 Å². The van der Waals surface area contributed by atoms with Gasteiger partial charge in [0.25, 0.3) is 5.22 Å². The number of nitriles is 1. The summed E-state index contributed by atoms with van der Waals surface area (Å²) in [6.45, 7) is 1.83. The van der Waals surface area contributed by atoms with Gasteiger partial charge in [0.1, 0.15) is 11.1 Å². The lowest BCUT2D eigenvalue weighted by atomic mass is 9.89. The molecule has 1 N–H and O–H groups in total. The fraction of sp³-hybridized carbons (Fsp3) is 0.619. The van der Waals surface area contributed by atoms with E-state index in [9.17, 15) is 10.1 Å². The third-order valence-corrected chi connectivity index (χ3v) is 7.93. The van der Waals surface area contributed by atoms with Gasteiger partial charge in [-0.25, -0.2) is 0 Å². The average molecular weight is 431 g/mol. The Morgan fingerprint density at radius 2 is 1.97 bits per heavy atom. The quantitative estimate of drug-likeness (QED) is 0.502. The lowest BCUT2D eigenvalue weighted by Crippen LogP contribution is -2.22. The van der Waals surface area contributed by atoms with Crippen molar-refractivity contribution < 1.29 is 9.21 Å². The van der Waals surface area contributed by atoms with Gasteiger partial charge in [0.05, 0.1) is 10.8 Å². The summed E-state index contributed by atoms with van der Waals surface area (Å²) in [6.07, 6.45) is 11.3. The average Bonchev–Trinajstić information content (AvgIpc) is 3.25. The summed E-state index contributed by atoms with van der Waals surface area (Å²) < 4.78 is 5.83. The Hall–Kier alpha value is -1.85. The van der Waals surface area contributed by atoms with Gasteiger partial charge >= 0.3 is 0 Å². The molecule has 1 saturated carbocycles. The number of carbonyl (C=O) groups is 1. The van der Waals surface area contributed by atoms with Crippen LogP contribution in [0.25, 0.3) is 0 Å². The van der Waals surface area contributed by atoms with E-state index in [1.54, 1.807) is 11.3 Å². The second-order valence-corrected chi connectivity index (χ2v) is 10.3.